The van der Waals surface area contributed by atoms with Crippen molar-refractivity contribution >= 4 is 31.7 Å². The largest absolute Gasteiger partial charge is 1.00 e. The molecule has 0 bridgehead atoms. The second-order valence-corrected chi connectivity index (χ2v) is 5.91. The maximum Gasteiger partial charge on any atom is 1.00 e. The summed E-state index contributed by atoms with van der Waals surface area (Å²) in [7, 11) is -3.75. The molecule has 0 radical (unpaired) electrons. The van der Waals surface area contributed by atoms with Crippen LogP contribution in [0.15, 0.2) is 66.6 Å². The minimum atomic E-state index is -3.75. The average molecular weight is 371 g/mol. The van der Waals surface area contributed by atoms with Crippen LogP contribution in [0.3, 0.4) is 0 Å². The Bertz CT molecular complexity index is 923. The smallest absolute Gasteiger partial charge is 1.00 e. The van der Waals surface area contributed by atoms with E-state index in [2.05, 4.69) is 6.58 Å². The van der Waals surface area contributed by atoms with Gasteiger partial charge in [0.05, 0.1) is 5.41 Å². The molecule has 3 nitrogen and oxygen atoms in total. The molecule has 0 fully saturated rings. The molecule has 0 atom stereocenters. The molecule has 0 spiro atoms. The summed E-state index contributed by atoms with van der Waals surface area (Å²) in [6.07, 6.45) is 0. The summed E-state index contributed by atoms with van der Waals surface area (Å²) >= 11 is 0. The van der Waals surface area contributed by atoms with Gasteiger partial charge < -0.3 is 5.61 Å². The van der Waals surface area contributed by atoms with Gasteiger partial charge in [-0.15, -0.1) is 0 Å². The summed E-state index contributed by atoms with van der Waals surface area (Å²) in [5, 5.41) is 4.63. The van der Waals surface area contributed by atoms with Crippen molar-refractivity contribution in [2.75, 3.05) is 0 Å². The Hall–Kier alpha value is -0.525. The molecule has 0 heterocycles. The van der Waals surface area contributed by atoms with E-state index in [4.69, 9.17) is 4.18 Å². The van der Waals surface area contributed by atoms with Gasteiger partial charge in [0.15, 0.2) is 5.75 Å². The van der Waals surface area contributed by atoms with Crippen LogP contribution in [0.2, 0.25) is 0 Å². The van der Waals surface area contributed by atoms with Crippen LogP contribution in [0, 0.1) is 0 Å². The van der Waals surface area contributed by atoms with Crippen LogP contribution >= 0.6 is 0 Å². The van der Waals surface area contributed by atoms with Crippen LogP contribution in [0.4, 0.5) is 0 Å². The van der Waals surface area contributed by atoms with Crippen molar-refractivity contribution in [3.8, 4) is 5.75 Å². The van der Waals surface area contributed by atoms with Crippen molar-refractivity contribution in [3.05, 3.63) is 66.6 Å². The third-order valence-corrected chi connectivity index (χ3v) is 3.94. The first-order valence-corrected chi connectivity index (χ1v) is 7.55. The van der Waals surface area contributed by atoms with E-state index in [0.29, 0.717) is 5.75 Å². The molecule has 0 saturated heterocycles. The van der Waals surface area contributed by atoms with E-state index in [1.807, 2.05) is 42.5 Å². The van der Waals surface area contributed by atoms with E-state index < -0.39 is 10.1 Å². The van der Waals surface area contributed by atoms with Crippen LogP contribution in [0.25, 0.3) is 21.5 Å². The fourth-order valence-corrected chi connectivity index (χ4v) is 2.63. The van der Waals surface area contributed by atoms with Crippen LogP contribution in [0.1, 0.15) is 1.43 Å². The molecule has 0 amide bonds. The van der Waals surface area contributed by atoms with Crippen molar-refractivity contribution in [3.63, 3.8) is 0 Å². The minimum absolute atomic E-state index is 0. The Kier molecular flexibility index (Phi) is 5.38. The van der Waals surface area contributed by atoms with Crippen LogP contribution in [0.5, 0.6) is 5.75 Å². The summed E-state index contributed by atoms with van der Waals surface area (Å²) in [6, 6.07) is 17.2. The van der Waals surface area contributed by atoms with E-state index >= 15 is 0 Å². The van der Waals surface area contributed by atoms with Gasteiger partial charge in [-0.2, -0.15) is 8.42 Å². The molecule has 21 heavy (non-hydrogen) atoms. The molecule has 3 aromatic carbocycles. The van der Waals surface area contributed by atoms with Gasteiger partial charge in [-0.25, -0.2) is 0 Å². The summed E-state index contributed by atoms with van der Waals surface area (Å²) < 4.78 is 28.1. The molecular formula is C16H13O3RbS. The molecule has 5 heteroatoms. The van der Waals surface area contributed by atoms with Gasteiger partial charge >= 0.3 is 68.3 Å². The Balaban J connectivity index is 0.00000121. The molecule has 102 valence electrons. The van der Waals surface area contributed by atoms with Gasteiger partial charge in [-0.1, -0.05) is 43.0 Å². The fourth-order valence-electron chi connectivity index (χ4n) is 2.17. The first-order valence-electron chi connectivity index (χ1n) is 6.07. The van der Waals surface area contributed by atoms with E-state index in [-0.39, 0.29) is 59.6 Å². The fraction of sp³-hybridized carbons (Fsp3) is 0. The summed E-state index contributed by atoms with van der Waals surface area (Å²) in [6.45, 7) is 3.25. The van der Waals surface area contributed by atoms with Crippen LogP contribution < -0.4 is 62.4 Å². The van der Waals surface area contributed by atoms with Crippen molar-refractivity contribution < 1.29 is 72.2 Å². The predicted molar refractivity (Wildman–Crippen MR) is 82.3 cm³/mol. The first-order chi connectivity index (χ1) is 9.59. The third kappa shape index (κ3) is 3.63. The molecule has 0 N–H and O–H groups in total. The van der Waals surface area contributed by atoms with E-state index in [0.717, 1.165) is 27.0 Å². The number of benzene rings is 3. The van der Waals surface area contributed by atoms with Crippen molar-refractivity contribution in [1.29, 1.82) is 0 Å². The quantitative estimate of drug-likeness (QED) is 0.509. The third-order valence-electron chi connectivity index (χ3n) is 3.12. The average Bonchev–Trinajstić information content (AvgIpc) is 2.45. The molecule has 0 aliphatic heterocycles. The molecule has 0 saturated carbocycles. The van der Waals surface area contributed by atoms with Gasteiger partial charge in [0.1, 0.15) is 0 Å². The standard InChI is InChI=1S/C16H12O3S.Rb.H/c1-2-20(17,18)19-16-9-5-8-14-10-12-6-3-4-7-13(12)11-15(14)16;;/h2-11H,1H2;;/q;+1;-1. The van der Waals surface area contributed by atoms with Crippen molar-refractivity contribution in [2.24, 2.45) is 0 Å². The van der Waals surface area contributed by atoms with E-state index in [9.17, 15) is 8.42 Å². The second-order valence-electron chi connectivity index (χ2n) is 4.42. The molecule has 0 aromatic heterocycles. The second kappa shape index (κ2) is 6.71. The zero-order valence-corrected chi connectivity index (χ0v) is 17.3. The molecule has 0 aliphatic carbocycles. The molecule has 0 unspecified atom stereocenters. The minimum Gasteiger partial charge on any atom is -1.00 e. The number of rotatable bonds is 3. The van der Waals surface area contributed by atoms with Gasteiger partial charge in [0.25, 0.3) is 0 Å². The Morgan fingerprint density at radius 2 is 1.57 bits per heavy atom. The van der Waals surface area contributed by atoms with E-state index in [1.165, 1.54) is 0 Å². The van der Waals surface area contributed by atoms with Gasteiger partial charge in [0.2, 0.25) is 0 Å². The molecule has 3 rings (SSSR count). The summed E-state index contributed by atoms with van der Waals surface area (Å²) in [5.41, 5.74) is 0. The van der Waals surface area contributed by atoms with Crippen molar-refractivity contribution in [1.82, 2.24) is 0 Å². The van der Waals surface area contributed by atoms with Crippen LogP contribution in [-0.2, 0) is 10.1 Å². The van der Waals surface area contributed by atoms with Gasteiger partial charge in [0, 0.05) is 5.39 Å². The summed E-state index contributed by atoms with van der Waals surface area (Å²) in [4.78, 5) is 0. The zero-order chi connectivity index (χ0) is 14.2. The van der Waals surface area contributed by atoms with Crippen LogP contribution in [-0.4, -0.2) is 8.42 Å². The van der Waals surface area contributed by atoms with Gasteiger partial charge in [-0.05, 0) is 34.4 Å². The maximum absolute atomic E-state index is 11.5. The normalized spacial score (nSPS) is 11.0. The topological polar surface area (TPSA) is 43.4 Å². The molecular weight excluding hydrogens is 358 g/mol. The number of hydrogen-bond acceptors (Lipinski definition) is 3. The Morgan fingerprint density at radius 1 is 0.952 bits per heavy atom. The number of hydrogen-bond donors (Lipinski definition) is 0. The SMILES string of the molecule is C=CS(=O)(=O)Oc1cccc2cc3ccccc3cc12.[H-].[Rb+]. The number of fused-ring (bicyclic) bond motifs is 2. The molecule has 3 aromatic rings. The molecule has 0 aliphatic rings. The van der Waals surface area contributed by atoms with E-state index in [1.54, 1.807) is 12.1 Å². The first kappa shape index (κ1) is 16.8. The van der Waals surface area contributed by atoms with Gasteiger partial charge in [-0.3, -0.25) is 0 Å². The zero-order valence-electron chi connectivity index (χ0n) is 12.6. The Morgan fingerprint density at radius 3 is 2.24 bits per heavy atom. The monoisotopic (exact) mass is 370 g/mol. The summed E-state index contributed by atoms with van der Waals surface area (Å²) in [5.74, 6) is 0.313. The Labute approximate surface area is 174 Å². The predicted octanol–water partition coefficient (Wildman–Crippen LogP) is 0.962. The van der Waals surface area contributed by atoms with Crippen molar-refractivity contribution in [2.45, 2.75) is 0 Å². The maximum atomic E-state index is 11.5.